The number of hydrogen-bond acceptors (Lipinski definition) is 1. The predicted octanol–water partition coefficient (Wildman–Crippen LogP) is 4.47. The molecule has 0 fully saturated rings. The van der Waals surface area contributed by atoms with Gasteiger partial charge in [-0.05, 0) is 32.8 Å². The molecule has 86 valence electrons. The smallest absolute Gasteiger partial charge is 0.0684 e. The molecule has 0 bridgehead atoms. The number of aryl methyl sites for hydroxylation is 1. The third kappa shape index (κ3) is 3.65. The van der Waals surface area contributed by atoms with Gasteiger partial charge in [-0.25, -0.2) is 0 Å². The molecule has 0 aliphatic heterocycles. The van der Waals surface area contributed by atoms with E-state index in [1.807, 2.05) is 6.21 Å². The van der Waals surface area contributed by atoms with E-state index in [-0.39, 0.29) is 0 Å². The summed E-state index contributed by atoms with van der Waals surface area (Å²) < 4.78 is 0. The van der Waals surface area contributed by atoms with Crippen LogP contribution in [0.1, 0.15) is 38.8 Å². The molecule has 0 radical (unpaired) electrons. The van der Waals surface area contributed by atoms with E-state index in [1.165, 1.54) is 16.7 Å². The van der Waals surface area contributed by atoms with Crippen LogP contribution in [0.15, 0.2) is 34.8 Å². The fraction of sp³-hybridized carbons (Fsp3) is 0.400. The number of nitrogens with zero attached hydrogens (tertiary/aromatic N) is 1. The van der Waals surface area contributed by atoms with Crippen LogP contribution in [0.5, 0.6) is 0 Å². The lowest BCUT2D eigenvalue weighted by Crippen LogP contribution is -1.91. The van der Waals surface area contributed by atoms with Gasteiger partial charge < -0.3 is 0 Å². The zero-order chi connectivity index (χ0) is 12.1. The van der Waals surface area contributed by atoms with E-state index in [9.17, 15) is 0 Å². The molecule has 1 nitrogen and oxygen atoms in total. The lowest BCUT2D eigenvalue weighted by Gasteiger charge is -2.06. The first-order chi connectivity index (χ1) is 7.50. The quantitative estimate of drug-likeness (QED) is 0.659. The largest absolute Gasteiger partial charge is 0.260 e. The van der Waals surface area contributed by atoms with Crippen molar-refractivity contribution in [3.05, 3.63) is 41.0 Å². The van der Waals surface area contributed by atoms with Crippen LogP contribution in [-0.4, -0.2) is 6.21 Å². The minimum Gasteiger partial charge on any atom is -0.260 e. The Bertz CT molecular complexity index is 407. The van der Waals surface area contributed by atoms with Gasteiger partial charge in [-0.2, -0.15) is 0 Å². The average Bonchev–Trinajstić information content (AvgIpc) is 2.17. The minimum atomic E-state index is 0.485. The molecule has 1 aromatic rings. The normalized spacial score (nSPS) is 11.1. The maximum atomic E-state index is 4.59. The van der Waals surface area contributed by atoms with E-state index in [1.54, 1.807) is 0 Å². The van der Waals surface area contributed by atoms with Crippen LogP contribution in [0.3, 0.4) is 0 Å². The molecule has 0 heterocycles. The van der Waals surface area contributed by atoms with Crippen molar-refractivity contribution in [3.63, 3.8) is 0 Å². The van der Waals surface area contributed by atoms with Crippen molar-refractivity contribution in [2.45, 2.75) is 34.6 Å². The second-order valence-corrected chi connectivity index (χ2v) is 4.74. The molecule has 0 saturated heterocycles. The molecule has 0 aromatic heterocycles. The standard InChI is InChI=1S/C15H21N/c1-11(2)10-16-15(12(3)4)14-8-6-7-13(5)9-14/h6-11H,1-5H3. The SMILES string of the molecule is CC(C)=C(N=CC(C)C)c1cccc(C)c1. The zero-order valence-corrected chi connectivity index (χ0v) is 10.9. The van der Waals surface area contributed by atoms with E-state index in [0.717, 1.165) is 5.70 Å². The van der Waals surface area contributed by atoms with Gasteiger partial charge in [0.2, 0.25) is 0 Å². The summed E-state index contributed by atoms with van der Waals surface area (Å²) in [6, 6.07) is 8.49. The first kappa shape index (κ1) is 12.7. The zero-order valence-electron chi connectivity index (χ0n) is 10.9. The summed E-state index contributed by atoms with van der Waals surface area (Å²) in [4.78, 5) is 4.59. The summed E-state index contributed by atoms with van der Waals surface area (Å²) >= 11 is 0. The summed E-state index contributed by atoms with van der Waals surface area (Å²) in [5.41, 5.74) is 4.83. The maximum absolute atomic E-state index is 4.59. The molecule has 1 heteroatoms. The van der Waals surface area contributed by atoms with Crippen molar-refractivity contribution < 1.29 is 0 Å². The molecule has 1 aromatic carbocycles. The van der Waals surface area contributed by atoms with E-state index >= 15 is 0 Å². The Morgan fingerprint density at radius 1 is 1.25 bits per heavy atom. The molecular formula is C15H21N. The number of benzene rings is 1. The highest BCUT2D eigenvalue weighted by Crippen LogP contribution is 2.20. The third-order valence-corrected chi connectivity index (χ3v) is 2.27. The Hall–Kier alpha value is -1.37. The van der Waals surface area contributed by atoms with Crippen molar-refractivity contribution in [1.29, 1.82) is 0 Å². The van der Waals surface area contributed by atoms with Gasteiger partial charge in [-0.1, -0.05) is 43.2 Å². The van der Waals surface area contributed by atoms with Gasteiger partial charge in [0.15, 0.2) is 0 Å². The highest BCUT2D eigenvalue weighted by Gasteiger charge is 2.01. The summed E-state index contributed by atoms with van der Waals surface area (Å²) in [6.07, 6.45) is 2.00. The minimum absolute atomic E-state index is 0.485. The van der Waals surface area contributed by atoms with E-state index in [2.05, 4.69) is 63.9 Å². The van der Waals surface area contributed by atoms with Gasteiger partial charge >= 0.3 is 0 Å². The first-order valence-corrected chi connectivity index (χ1v) is 5.79. The van der Waals surface area contributed by atoms with Gasteiger partial charge in [0.25, 0.3) is 0 Å². The third-order valence-electron chi connectivity index (χ3n) is 2.27. The van der Waals surface area contributed by atoms with E-state index in [0.29, 0.717) is 5.92 Å². The van der Waals surface area contributed by atoms with Crippen molar-refractivity contribution in [2.24, 2.45) is 10.9 Å². The molecule has 1 rings (SSSR count). The van der Waals surface area contributed by atoms with Crippen molar-refractivity contribution >= 4 is 11.9 Å². The van der Waals surface area contributed by atoms with Crippen LogP contribution in [0.25, 0.3) is 5.70 Å². The Balaban J connectivity index is 3.10. The highest BCUT2D eigenvalue weighted by atomic mass is 14.7. The molecule has 0 aliphatic carbocycles. The highest BCUT2D eigenvalue weighted by molar-refractivity contribution is 5.76. The molecule has 0 N–H and O–H groups in total. The van der Waals surface area contributed by atoms with Crippen LogP contribution in [0, 0.1) is 12.8 Å². The number of hydrogen-bond donors (Lipinski definition) is 0. The molecular weight excluding hydrogens is 194 g/mol. The van der Waals surface area contributed by atoms with Gasteiger partial charge in [0.1, 0.15) is 0 Å². The maximum Gasteiger partial charge on any atom is 0.0684 e. The summed E-state index contributed by atoms with van der Waals surface area (Å²) in [6.45, 7) is 10.6. The molecule has 0 unspecified atom stereocenters. The summed E-state index contributed by atoms with van der Waals surface area (Å²) in [5.74, 6) is 0.485. The van der Waals surface area contributed by atoms with Gasteiger partial charge in [0, 0.05) is 11.8 Å². The lowest BCUT2D eigenvalue weighted by atomic mass is 10.1. The fourth-order valence-electron chi connectivity index (χ4n) is 1.51. The lowest BCUT2D eigenvalue weighted by molar-refractivity contribution is 0.907. The summed E-state index contributed by atoms with van der Waals surface area (Å²) in [5, 5.41) is 0. The second kappa shape index (κ2) is 5.64. The predicted molar refractivity (Wildman–Crippen MR) is 72.8 cm³/mol. The summed E-state index contributed by atoms with van der Waals surface area (Å²) in [7, 11) is 0. The van der Waals surface area contributed by atoms with E-state index < -0.39 is 0 Å². The van der Waals surface area contributed by atoms with Crippen molar-refractivity contribution in [2.75, 3.05) is 0 Å². The number of rotatable bonds is 3. The van der Waals surface area contributed by atoms with Crippen LogP contribution in [0.2, 0.25) is 0 Å². The van der Waals surface area contributed by atoms with Gasteiger partial charge in [0.05, 0.1) is 5.70 Å². The molecule has 0 saturated carbocycles. The average molecular weight is 215 g/mol. The Labute approximate surface area is 98.9 Å². The fourth-order valence-corrected chi connectivity index (χ4v) is 1.51. The monoisotopic (exact) mass is 215 g/mol. The Morgan fingerprint density at radius 2 is 1.94 bits per heavy atom. The molecule has 0 spiro atoms. The Kier molecular flexibility index (Phi) is 4.48. The van der Waals surface area contributed by atoms with Crippen LogP contribution >= 0.6 is 0 Å². The van der Waals surface area contributed by atoms with Crippen LogP contribution in [0.4, 0.5) is 0 Å². The van der Waals surface area contributed by atoms with Crippen molar-refractivity contribution in [1.82, 2.24) is 0 Å². The topological polar surface area (TPSA) is 12.4 Å². The molecule has 0 amide bonds. The number of aliphatic imine (C=N–C) groups is 1. The molecule has 0 aliphatic rings. The van der Waals surface area contributed by atoms with Gasteiger partial charge in [-0.3, -0.25) is 4.99 Å². The second-order valence-electron chi connectivity index (χ2n) is 4.74. The van der Waals surface area contributed by atoms with Gasteiger partial charge in [-0.15, -0.1) is 0 Å². The van der Waals surface area contributed by atoms with Crippen LogP contribution < -0.4 is 0 Å². The molecule has 0 atom stereocenters. The Morgan fingerprint density at radius 3 is 2.44 bits per heavy atom. The van der Waals surface area contributed by atoms with Crippen molar-refractivity contribution in [3.8, 4) is 0 Å². The first-order valence-electron chi connectivity index (χ1n) is 5.79. The molecule has 16 heavy (non-hydrogen) atoms. The van der Waals surface area contributed by atoms with Crippen LogP contribution in [-0.2, 0) is 0 Å². The number of allylic oxidation sites excluding steroid dienone is 1. The van der Waals surface area contributed by atoms with E-state index in [4.69, 9.17) is 0 Å².